The van der Waals surface area contributed by atoms with Crippen LogP contribution >= 0.6 is 0 Å². The summed E-state index contributed by atoms with van der Waals surface area (Å²) in [6.07, 6.45) is 15.4. The summed E-state index contributed by atoms with van der Waals surface area (Å²) >= 11 is 0. The monoisotopic (exact) mass is 416 g/mol. The van der Waals surface area contributed by atoms with Crippen LogP contribution in [0.2, 0.25) is 0 Å². The van der Waals surface area contributed by atoms with Crippen molar-refractivity contribution in [3.05, 3.63) is 0 Å². The molecule has 0 aliphatic heterocycles. The third-order valence-electron chi connectivity index (χ3n) is 4.03. The largest absolute Gasteiger partial charge is 0.333 e. The summed E-state index contributed by atoms with van der Waals surface area (Å²) < 4.78 is 51.2. The molecule has 0 radical (unpaired) electrons. The van der Waals surface area contributed by atoms with E-state index in [1.807, 2.05) is 0 Å². The summed E-state index contributed by atoms with van der Waals surface area (Å²) in [5.74, 6) is 0. The molecule has 0 bridgehead atoms. The Morgan fingerprint density at radius 1 is 0.423 bits per heavy atom. The molecule has 0 heterocycles. The molecule has 0 unspecified atom stereocenters. The number of hydrogen-bond donors (Lipinski definition) is 2. The van der Waals surface area contributed by atoms with Gasteiger partial charge in [-0.15, -0.1) is 0 Å². The van der Waals surface area contributed by atoms with Gasteiger partial charge in [-0.1, -0.05) is 77.0 Å². The van der Waals surface area contributed by atoms with Crippen LogP contribution in [-0.2, 0) is 29.0 Å². The fourth-order valence-electron chi connectivity index (χ4n) is 2.68. The summed E-state index contributed by atoms with van der Waals surface area (Å²) in [7, 11) is -7.56. The predicted octanol–water partition coefficient (Wildman–Crippen LogP) is 2.89. The van der Waals surface area contributed by atoms with E-state index in [9.17, 15) is 16.8 Å². The average Bonchev–Trinajstić information content (AvgIpc) is 2.51. The van der Waals surface area contributed by atoms with Crippen LogP contribution in [0.1, 0.15) is 89.9 Å². The maximum atomic E-state index is 10.6. The van der Waals surface area contributed by atoms with Gasteiger partial charge in [0.05, 0.1) is 13.2 Å². The molecule has 0 aromatic heterocycles. The molecule has 0 saturated carbocycles. The molecule has 0 aliphatic carbocycles. The summed E-state index contributed by atoms with van der Waals surface area (Å²) in [4.78, 5) is 0. The molecule has 0 amide bonds. The number of rotatable bonds is 19. The molecule has 158 valence electrons. The third-order valence-corrected chi connectivity index (χ3v) is 5.02. The highest BCUT2D eigenvalue weighted by molar-refractivity contribution is 7.84. The first-order valence-electron chi connectivity index (χ1n) is 9.55. The molecule has 0 aromatic carbocycles. The lowest BCUT2D eigenvalue weighted by atomic mass is 10.0. The number of unbranched alkanes of at least 4 members (excludes halogenated alkanes) is 13. The molecule has 10 heteroatoms. The van der Waals surface area contributed by atoms with Crippen molar-refractivity contribution in [2.24, 2.45) is 10.3 Å². The third kappa shape index (κ3) is 23.7. The van der Waals surface area contributed by atoms with Gasteiger partial charge in [0.25, 0.3) is 0 Å². The Bertz CT molecular complexity index is 475. The second-order valence-electron chi connectivity index (χ2n) is 6.58. The smallest absolute Gasteiger partial charge is 0.258 e. The summed E-state index contributed by atoms with van der Waals surface area (Å²) in [5, 5.41) is 9.47. The summed E-state index contributed by atoms with van der Waals surface area (Å²) in [6.45, 7) is 0.357. The van der Waals surface area contributed by atoms with Crippen molar-refractivity contribution in [3.8, 4) is 0 Å². The first-order chi connectivity index (χ1) is 12.2. The number of nitrogens with two attached hydrogens (primary N) is 2. The lowest BCUT2D eigenvalue weighted by Crippen LogP contribution is -2.16. The highest BCUT2D eigenvalue weighted by Gasteiger charge is 2.01. The van der Waals surface area contributed by atoms with Crippen molar-refractivity contribution in [2.75, 3.05) is 13.2 Å². The molecule has 0 aromatic rings. The van der Waals surface area contributed by atoms with Crippen LogP contribution < -0.4 is 10.3 Å². The molecular formula is C16H36N2O6S2. The standard InChI is InChI=1S/C16H36N2O6S2/c17-25(19,20)23-15-13-11-9-7-5-3-1-2-4-6-8-10-12-14-16-24-26(18,21)22/h1-16H2,(H2,17,19,20)(H2,18,21,22). The molecule has 26 heavy (non-hydrogen) atoms. The van der Waals surface area contributed by atoms with Gasteiger partial charge in [0.1, 0.15) is 0 Å². The van der Waals surface area contributed by atoms with E-state index >= 15 is 0 Å². The second kappa shape index (κ2) is 15.8. The molecule has 0 fully saturated rings. The van der Waals surface area contributed by atoms with E-state index in [2.05, 4.69) is 8.37 Å². The van der Waals surface area contributed by atoms with Crippen molar-refractivity contribution in [1.82, 2.24) is 0 Å². The van der Waals surface area contributed by atoms with Crippen LogP contribution in [0.25, 0.3) is 0 Å². The van der Waals surface area contributed by atoms with Gasteiger partial charge < -0.3 is 0 Å². The van der Waals surface area contributed by atoms with Crippen molar-refractivity contribution >= 4 is 20.6 Å². The van der Waals surface area contributed by atoms with Crippen LogP contribution in [0.15, 0.2) is 0 Å². The van der Waals surface area contributed by atoms with Crippen LogP contribution in [-0.4, -0.2) is 30.0 Å². The second-order valence-corrected chi connectivity index (χ2v) is 9.02. The quantitative estimate of drug-likeness (QED) is 0.310. The van der Waals surface area contributed by atoms with Crippen LogP contribution in [0.5, 0.6) is 0 Å². The SMILES string of the molecule is NS(=O)(=O)OCCCCCCCCCCCCCCCCOS(N)(=O)=O. The van der Waals surface area contributed by atoms with Crippen molar-refractivity contribution in [2.45, 2.75) is 89.9 Å². The molecule has 8 nitrogen and oxygen atoms in total. The van der Waals surface area contributed by atoms with Crippen molar-refractivity contribution in [3.63, 3.8) is 0 Å². The zero-order valence-electron chi connectivity index (χ0n) is 15.7. The maximum absolute atomic E-state index is 10.6. The van der Waals surface area contributed by atoms with E-state index < -0.39 is 20.6 Å². The first-order valence-corrected chi connectivity index (χ1v) is 12.5. The zero-order chi connectivity index (χ0) is 19.7. The minimum absolute atomic E-state index is 0.179. The molecule has 4 N–H and O–H groups in total. The van der Waals surface area contributed by atoms with E-state index in [1.165, 1.54) is 51.4 Å². The van der Waals surface area contributed by atoms with Gasteiger partial charge in [0, 0.05) is 0 Å². The highest BCUT2D eigenvalue weighted by Crippen LogP contribution is 2.13. The fraction of sp³-hybridized carbons (Fsp3) is 1.00. The molecular weight excluding hydrogens is 380 g/mol. The summed E-state index contributed by atoms with van der Waals surface area (Å²) in [5.41, 5.74) is 0. The van der Waals surface area contributed by atoms with Gasteiger partial charge in [0.2, 0.25) is 0 Å². The predicted molar refractivity (Wildman–Crippen MR) is 103 cm³/mol. The number of hydrogen-bond acceptors (Lipinski definition) is 6. The zero-order valence-corrected chi connectivity index (χ0v) is 17.4. The molecule has 0 rings (SSSR count). The van der Waals surface area contributed by atoms with E-state index in [1.54, 1.807) is 0 Å². The van der Waals surface area contributed by atoms with Gasteiger partial charge in [-0.05, 0) is 12.8 Å². The van der Waals surface area contributed by atoms with E-state index in [0.29, 0.717) is 0 Å². The maximum Gasteiger partial charge on any atom is 0.333 e. The first kappa shape index (κ1) is 25.7. The lowest BCUT2D eigenvalue weighted by molar-refractivity contribution is 0.305. The van der Waals surface area contributed by atoms with Crippen LogP contribution in [0.3, 0.4) is 0 Å². The molecule has 0 aliphatic rings. The Morgan fingerprint density at radius 2 is 0.615 bits per heavy atom. The normalized spacial score (nSPS) is 12.5. The fourth-order valence-corrected chi connectivity index (χ4v) is 3.38. The van der Waals surface area contributed by atoms with Crippen LogP contribution in [0.4, 0.5) is 0 Å². The van der Waals surface area contributed by atoms with E-state index in [0.717, 1.165) is 38.5 Å². The Morgan fingerprint density at radius 3 is 0.808 bits per heavy atom. The highest BCUT2D eigenvalue weighted by atomic mass is 32.2. The lowest BCUT2D eigenvalue weighted by Gasteiger charge is -2.04. The van der Waals surface area contributed by atoms with Gasteiger partial charge in [0.15, 0.2) is 0 Å². The Labute approximate surface area is 159 Å². The van der Waals surface area contributed by atoms with E-state index in [-0.39, 0.29) is 13.2 Å². The van der Waals surface area contributed by atoms with Gasteiger partial charge in [-0.25, -0.2) is 10.3 Å². The molecule has 0 spiro atoms. The Kier molecular flexibility index (Phi) is 15.6. The van der Waals surface area contributed by atoms with Crippen molar-refractivity contribution in [1.29, 1.82) is 0 Å². The molecule has 0 saturated heterocycles. The topological polar surface area (TPSA) is 139 Å². The van der Waals surface area contributed by atoms with Gasteiger partial charge >= 0.3 is 20.6 Å². The Balaban J connectivity index is 3.11. The summed E-state index contributed by atoms with van der Waals surface area (Å²) in [6, 6.07) is 0. The minimum atomic E-state index is -3.78. The average molecular weight is 417 g/mol. The van der Waals surface area contributed by atoms with Gasteiger partial charge in [-0.3, -0.25) is 8.37 Å². The molecule has 0 atom stereocenters. The van der Waals surface area contributed by atoms with Crippen molar-refractivity contribution < 1.29 is 25.2 Å². The Hall–Kier alpha value is -0.260. The van der Waals surface area contributed by atoms with E-state index in [4.69, 9.17) is 10.3 Å². The van der Waals surface area contributed by atoms with Crippen LogP contribution in [0, 0.1) is 0 Å². The minimum Gasteiger partial charge on any atom is -0.258 e. The van der Waals surface area contributed by atoms with Gasteiger partial charge in [-0.2, -0.15) is 16.8 Å².